The van der Waals surface area contributed by atoms with Gasteiger partial charge in [0.05, 0.1) is 18.8 Å². The molecule has 41 heavy (non-hydrogen) atoms. The van der Waals surface area contributed by atoms with Crippen molar-refractivity contribution < 1.29 is 17.9 Å². The summed E-state index contributed by atoms with van der Waals surface area (Å²) in [6, 6.07) is 8.05. The molecule has 228 valence electrons. The Morgan fingerprint density at radius 3 is 2.29 bits per heavy atom. The maximum absolute atomic E-state index is 14.2. The first-order chi connectivity index (χ1) is 19.6. The van der Waals surface area contributed by atoms with E-state index in [4.69, 9.17) is 17.0 Å². The largest absolute Gasteiger partial charge is 0.417 e. The van der Waals surface area contributed by atoms with Crippen LogP contribution < -0.4 is 0 Å². The summed E-state index contributed by atoms with van der Waals surface area (Å²) < 4.78 is 48.3. The van der Waals surface area contributed by atoms with Crippen LogP contribution in [0.2, 0.25) is 0 Å². The normalized spacial score (nSPS) is 12.6. The molecule has 1 nitrogen and oxygen atoms in total. The van der Waals surface area contributed by atoms with Crippen LogP contribution in [0.5, 0.6) is 0 Å². The summed E-state index contributed by atoms with van der Waals surface area (Å²) in [6.45, 7) is 11.8. The SMILES string of the molecule is C=C(CCCCCCCCCSCCOCCS)C/C(CC)=C(/C)c1c(C)ccc2ccc(=S)cc(C(F)(F)F)c12. The van der Waals surface area contributed by atoms with Crippen LogP contribution in [0.4, 0.5) is 13.2 Å². The summed E-state index contributed by atoms with van der Waals surface area (Å²) in [5.41, 5.74) is 4.07. The van der Waals surface area contributed by atoms with Gasteiger partial charge in [-0.25, -0.2) is 0 Å². The molecular formula is C34H47F3OS3. The van der Waals surface area contributed by atoms with Gasteiger partial charge < -0.3 is 4.74 Å². The van der Waals surface area contributed by atoms with Crippen molar-refractivity contribution >= 4 is 53.0 Å². The number of rotatable bonds is 19. The fourth-order valence-corrected chi connectivity index (χ4v) is 6.40. The molecule has 0 aromatic heterocycles. The number of benzene rings is 1. The predicted molar refractivity (Wildman–Crippen MR) is 180 cm³/mol. The molecule has 0 atom stereocenters. The predicted octanol–water partition coefficient (Wildman–Crippen LogP) is 11.8. The third-order valence-corrected chi connectivity index (χ3v) is 8.93. The van der Waals surface area contributed by atoms with E-state index in [0.29, 0.717) is 10.9 Å². The second-order valence-corrected chi connectivity index (χ2v) is 12.8. The van der Waals surface area contributed by atoms with E-state index in [1.807, 2.05) is 31.7 Å². The topological polar surface area (TPSA) is 9.23 Å². The fourth-order valence-electron chi connectivity index (χ4n) is 5.23. The zero-order valence-electron chi connectivity index (χ0n) is 25.0. The molecule has 0 unspecified atom stereocenters. The number of aryl methyl sites for hydroxylation is 1. The molecule has 0 saturated heterocycles. The molecule has 7 heteroatoms. The van der Waals surface area contributed by atoms with Crippen LogP contribution in [0.3, 0.4) is 0 Å². The monoisotopic (exact) mass is 624 g/mol. The van der Waals surface area contributed by atoms with Crippen LogP contribution in [-0.2, 0) is 10.9 Å². The van der Waals surface area contributed by atoms with Gasteiger partial charge in [-0.2, -0.15) is 37.6 Å². The number of unbranched alkanes of at least 4 members (excludes halogenated alkanes) is 6. The average molecular weight is 625 g/mol. The minimum absolute atomic E-state index is 0.184. The highest BCUT2D eigenvalue weighted by Gasteiger charge is 2.33. The number of thioether (sulfide) groups is 1. The molecule has 0 saturated carbocycles. The van der Waals surface area contributed by atoms with Gasteiger partial charge in [-0.15, -0.1) is 0 Å². The van der Waals surface area contributed by atoms with Gasteiger partial charge in [0.15, 0.2) is 0 Å². The second-order valence-electron chi connectivity index (χ2n) is 10.7. The number of hydrogen-bond acceptors (Lipinski definition) is 4. The zero-order chi connectivity index (χ0) is 30.3. The highest BCUT2D eigenvalue weighted by molar-refractivity contribution is 7.99. The van der Waals surface area contributed by atoms with Crippen molar-refractivity contribution in [3.63, 3.8) is 0 Å². The maximum atomic E-state index is 14.2. The Bertz CT molecular complexity index is 1200. The third kappa shape index (κ3) is 12.5. The molecule has 2 aromatic carbocycles. The Morgan fingerprint density at radius 1 is 0.976 bits per heavy atom. The van der Waals surface area contributed by atoms with Gasteiger partial charge in [-0.05, 0) is 85.9 Å². The number of fused-ring (bicyclic) bond motifs is 1. The molecule has 0 radical (unpaired) electrons. The fraction of sp³-hybridized carbons (Fsp3) is 0.559. The molecule has 0 amide bonds. The molecule has 0 N–H and O–H groups in total. The van der Waals surface area contributed by atoms with Gasteiger partial charge in [0, 0.05) is 21.4 Å². The lowest BCUT2D eigenvalue weighted by atomic mass is 9.87. The lowest BCUT2D eigenvalue weighted by Gasteiger charge is -2.19. The number of alkyl halides is 3. The van der Waals surface area contributed by atoms with Crippen LogP contribution in [-0.4, -0.2) is 30.5 Å². The van der Waals surface area contributed by atoms with E-state index < -0.39 is 11.7 Å². The highest BCUT2D eigenvalue weighted by atomic mass is 32.2. The highest BCUT2D eigenvalue weighted by Crippen LogP contribution is 2.40. The van der Waals surface area contributed by atoms with Gasteiger partial charge in [-0.1, -0.05) is 87.2 Å². The Labute approximate surface area is 260 Å². The molecule has 0 aliphatic carbocycles. The average Bonchev–Trinajstić information content (AvgIpc) is 3.10. The quantitative estimate of drug-likeness (QED) is 0.0721. The van der Waals surface area contributed by atoms with E-state index in [2.05, 4.69) is 26.1 Å². The Morgan fingerprint density at radius 2 is 1.63 bits per heavy atom. The summed E-state index contributed by atoms with van der Waals surface area (Å²) in [6.07, 6.45) is 6.62. The van der Waals surface area contributed by atoms with E-state index in [1.165, 1.54) is 44.3 Å². The van der Waals surface area contributed by atoms with Gasteiger partial charge in [-0.3, -0.25) is 0 Å². The Kier molecular flexibility index (Phi) is 16.7. The van der Waals surface area contributed by atoms with Crippen LogP contribution >= 0.6 is 36.6 Å². The molecular weight excluding hydrogens is 578 g/mol. The lowest BCUT2D eigenvalue weighted by molar-refractivity contribution is -0.136. The minimum atomic E-state index is -4.50. The Hall–Kier alpha value is -1.28. The summed E-state index contributed by atoms with van der Waals surface area (Å²) in [7, 11) is 0. The number of allylic oxidation sites excluding steroid dienone is 3. The van der Waals surface area contributed by atoms with Gasteiger partial charge >= 0.3 is 6.18 Å². The standard InChI is InChI=1S/C34H47F3OS3/c1-5-28(23-25(2)13-11-9-7-6-8-10-12-21-41-22-19-38-18-20-39)27(4)32-26(3)14-15-29-16-17-30(40)24-31(33(29)32)34(35,36)37/h14-17,24,39H,2,5-13,18-23H2,1,3-4H3/b28-27-. The van der Waals surface area contributed by atoms with Crippen molar-refractivity contribution in [3.05, 3.63) is 69.3 Å². The number of thiol groups is 1. The second kappa shape index (κ2) is 19.1. The summed E-state index contributed by atoms with van der Waals surface area (Å²) in [5, 5.41) is 0.787. The first kappa shape index (κ1) is 35.9. The van der Waals surface area contributed by atoms with Crippen molar-refractivity contribution in [2.24, 2.45) is 0 Å². The summed E-state index contributed by atoms with van der Waals surface area (Å²) >= 11 is 11.3. The lowest BCUT2D eigenvalue weighted by Crippen LogP contribution is -2.07. The van der Waals surface area contributed by atoms with Crippen molar-refractivity contribution in [3.8, 4) is 0 Å². The molecule has 0 aliphatic heterocycles. The van der Waals surface area contributed by atoms with Crippen molar-refractivity contribution in [2.75, 3.05) is 30.5 Å². The van der Waals surface area contributed by atoms with Crippen LogP contribution in [0.1, 0.15) is 94.7 Å². The van der Waals surface area contributed by atoms with E-state index in [9.17, 15) is 13.2 Å². The smallest absolute Gasteiger partial charge is 0.380 e. The van der Waals surface area contributed by atoms with Crippen molar-refractivity contribution in [1.29, 1.82) is 0 Å². The first-order valence-electron chi connectivity index (χ1n) is 14.9. The molecule has 0 aliphatic rings. The van der Waals surface area contributed by atoms with E-state index in [-0.39, 0.29) is 9.90 Å². The molecule has 0 fully saturated rings. The summed E-state index contributed by atoms with van der Waals surface area (Å²) in [4.78, 5) is 0. The van der Waals surface area contributed by atoms with E-state index in [0.717, 1.165) is 78.8 Å². The van der Waals surface area contributed by atoms with Crippen LogP contribution in [0.15, 0.2) is 48.1 Å². The number of ether oxygens (including phenoxy) is 1. The first-order valence-corrected chi connectivity index (χ1v) is 17.1. The van der Waals surface area contributed by atoms with Crippen LogP contribution in [0.25, 0.3) is 16.3 Å². The molecule has 0 heterocycles. The molecule has 2 aromatic rings. The molecule has 0 bridgehead atoms. The number of hydrogen-bond donors (Lipinski definition) is 1. The van der Waals surface area contributed by atoms with Crippen molar-refractivity contribution in [2.45, 2.75) is 91.2 Å². The van der Waals surface area contributed by atoms with Crippen molar-refractivity contribution in [1.82, 2.24) is 0 Å². The number of halogens is 3. The minimum Gasteiger partial charge on any atom is -0.380 e. The van der Waals surface area contributed by atoms with Gasteiger partial charge in [0.2, 0.25) is 0 Å². The molecule has 0 spiro atoms. The van der Waals surface area contributed by atoms with E-state index in [1.54, 1.807) is 18.2 Å². The van der Waals surface area contributed by atoms with E-state index >= 15 is 0 Å². The summed E-state index contributed by atoms with van der Waals surface area (Å²) in [5.74, 6) is 3.06. The van der Waals surface area contributed by atoms with Gasteiger partial charge in [0.25, 0.3) is 0 Å². The zero-order valence-corrected chi connectivity index (χ0v) is 27.5. The Balaban J connectivity index is 1.92. The maximum Gasteiger partial charge on any atom is 0.417 e. The third-order valence-electron chi connectivity index (χ3n) is 7.46. The van der Waals surface area contributed by atoms with Gasteiger partial charge in [0.1, 0.15) is 0 Å². The molecule has 2 rings (SSSR count). The van der Waals surface area contributed by atoms with Crippen LogP contribution in [0, 0.1) is 11.4 Å².